The van der Waals surface area contributed by atoms with E-state index in [2.05, 4.69) is 0 Å². The van der Waals surface area contributed by atoms with E-state index in [-0.39, 0.29) is 5.78 Å². The first-order valence-corrected chi connectivity index (χ1v) is 8.29. The smallest absolute Gasteiger partial charge is 0.305 e. The zero-order chi connectivity index (χ0) is 17.9. The molecule has 0 fully saturated rings. The maximum atomic E-state index is 12.6. The fourth-order valence-corrected chi connectivity index (χ4v) is 3.06. The summed E-state index contributed by atoms with van der Waals surface area (Å²) >= 11 is 0. The third-order valence-corrected chi connectivity index (χ3v) is 4.36. The molecule has 25 heavy (non-hydrogen) atoms. The van der Waals surface area contributed by atoms with Gasteiger partial charge in [0.1, 0.15) is 0 Å². The number of hydrogen-bond acceptors (Lipinski definition) is 4. The topological polar surface area (TPSA) is 52.6 Å². The Kier molecular flexibility index (Phi) is 4.81. The molecular weight excluding hydrogens is 316 g/mol. The van der Waals surface area contributed by atoms with Gasteiger partial charge in [0.15, 0.2) is 11.4 Å². The Morgan fingerprint density at radius 1 is 1.08 bits per heavy atom. The lowest BCUT2D eigenvalue weighted by molar-refractivity contribution is -0.203. The highest BCUT2D eigenvalue weighted by atomic mass is 16.7. The van der Waals surface area contributed by atoms with E-state index < -0.39 is 17.9 Å². The summed E-state index contributed by atoms with van der Waals surface area (Å²) in [6, 6.07) is 17.7. The number of benzene rings is 2. The minimum atomic E-state index is -1.13. The van der Waals surface area contributed by atoms with Crippen LogP contribution in [0.4, 0.5) is 0 Å². The molecular formula is C21H20O4. The van der Waals surface area contributed by atoms with Crippen molar-refractivity contribution >= 4 is 11.8 Å². The summed E-state index contributed by atoms with van der Waals surface area (Å²) < 4.78 is 11.0. The quantitative estimate of drug-likeness (QED) is 0.792. The van der Waals surface area contributed by atoms with Gasteiger partial charge in [0, 0.05) is 6.92 Å². The fraction of sp³-hybridized carbons (Fsp3) is 0.238. The molecule has 128 valence electrons. The first kappa shape index (κ1) is 17.1. The molecule has 0 aromatic heterocycles. The average Bonchev–Trinajstić information content (AvgIpc) is 2.64. The van der Waals surface area contributed by atoms with Crippen LogP contribution < -0.4 is 0 Å². The molecule has 0 spiro atoms. The van der Waals surface area contributed by atoms with Crippen molar-refractivity contribution in [1.29, 1.82) is 0 Å². The Morgan fingerprint density at radius 3 is 2.32 bits per heavy atom. The van der Waals surface area contributed by atoms with Gasteiger partial charge < -0.3 is 9.47 Å². The van der Waals surface area contributed by atoms with Crippen LogP contribution in [0, 0.1) is 0 Å². The number of carbonyl (C=O) groups is 2. The zero-order valence-corrected chi connectivity index (χ0v) is 14.3. The highest BCUT2D eigenvalue weighted by Gasteiger charge is 2.43. The number of ether oxygens (including phenoxy) is 2. The lowest BCUT2D eigenvalue weighted by Crippen LogP contribution is -2.44. The molecule has 0 aliphatic carbocycles. The molecule has 2 aromatic rings. The van der Waals surface area contributed by atoms with Crippen molar-refractivity contribution in [2.45, 2.75) is 32.2 Å². The number of rotatable bonds is 4. The van der Waals surface area contributed by atoms with Crippen LogP contribution in [-0.4, -0.2) is 18.0 Å². The molecule has 2 aromatic carbocycles. The lowest BCUT2D eigenvalue weighted by Gasteiger charge is -2.36. The SMILES string of the molecule is CC[C@@]1(c2ccc(-c3ccccc3)cc2)O[C@@H](OC(C)=O)C=CC1=O. The van der Waals surface area contributed by atoms with Crippen LogP contribution in [0.15, 0.2) is 66.7 Å². The van der Waals surface area contributed by atoms with Crippen molar-refractivity contribution in [2.24, 2.45) is 0 Å². The lowest BCUT2D eigenvalue weighted by atomic mass is 9.84. The summed E-state index contributed by atoms with van der Waals surface area (Å²) in [6.07, 6.45) is 2.49. The highest BCUT2D eigenvalue weighted by molar-refractivity contribution is 5.98. The number of ketones is 1. The molecule has 0 saturated carbocycles. The second-order valence-electron chi connectivity index (χ2n) is 5.94. The minimum Gasteiger partial charge on any atom is -0.432 e. The fourth-order valence-electron chi connectivity index (χ4n) is 3.06. The molecule has 0 bridgehead atoms. The maximum absolute atomic E-state index is 12.6. The molecule has 0 N–H and O–H groups in total. The van der Waals surface area contributed by atoms with Crippen molar-refractivity contribution in [1.82, 2.24) is 0 Å². The van der Waals surface area contributed by atoms with E-state index in [1.807, 2.05) is 61.5 Å². The van der Waals surface area contributed by atoms with Gasteiger partial charge in [-0.1, -0.05) is 61.5 Å². The minimum absolute atomic E-state index is 0.147. The Morgan fingerprint density at radius 2 is 1.72 bits per heavy atom. The number of carbonyl (C=O) groups excluding carboxylic acids is 2. The number of hydrogen-bond donors (Lipinski definition) is 0. The van der Waals surface area contributed by atoms with Crippen LogP contribution in [0.5, 0.6) is 0 Å². The Hall–Kier alpha value is -2.72. The number of esters is 1. The van der Waals surface area contributed by atoms with E-state index in [1.165, 1.54) is 19.1 Å². The molecule has 3 rings (SSSR count). The summed E-state index contributed by atoms with van der Waals surface area (Å²) in [5.74, 6) is -0.598. The molecule has 0 radical (unpaired) electrons. The zero-order valence-electron chi connectivity index (χ0n) is 14.3. The second-order valence-corrected chi connectivity index (χ2v) is 5.94. The van der Waals surface area contributed by atoms with E-state index in [0.717, 1.165) is 16.7 Å². The second kappa shape index (κ2) is 7.03. The first-order chi connectivity index (χ1) is 12.0. The van der Waals surface area contributed by atoms with Crippen molar-refractivity contribution in [3.63, 3.8) is 0 Å². The Labute approximate surface area is 147 Å². The van der Waals surface area contributed by atoms with Crippen molar-refractivity contribution in [3.05, 3.63) is 72.3 Å². The van der Waals surface area contributed by atoms with Gasteiger partial charge in [0.25, 0.3) is 0 Å². The molecule has 4 nitrogen and oxygen atoms in total. The van der Waals surface area contributed by atoms with Crippen LogP contribution in [0.1, 0.15) is 25.8 Å². The summed E-state index contributed by atoms with van der Waals surface area (Å²) in [7, 11) is 0. The monoisotopic (exact) mass is 336 g/mol. The van der Waals surface area contributed by atoms with Crippen molar-refractivity contribution in [2.75, 3.05) is 0 Å². The Balaban J connectivity index is 1.93. The first-order valence-electron chi connectivity index (χ1n) is 8.29. The summed E-state index contributed by atoms with van der Waals surface area (Å²) in [4.78, 5) is 23.8. The largest absolute Gasteiger partial charge is 0.432 e. The van der Waals surface area contributed by atoms with Crippen LogP contribution in [0.3, 0.4) is 0 Å². The van der Waals surface area contributed by atoms with Gasteiger partial charge in [-0.3, -0.25) is 9.59 Å². The predicted octanol–water partition coefficient (Wildman–Crippen LogP) is 4.00. The van der Waals surface area contributed by atoms with E-state index in [9.17, 15) is 9.59 Å². The van der Waals surface area contributed by atoms with Crippen LogP contribution in [0.25, 0.3) is 11.1 Å². The van der Waals surface area contributed by atoms with Gasteiger partial charge in [-0.2, -0.15) is 0 Å². The van der Waals surface area contributed by atoms with E-state index in [1.54, 1.807) is 0 Å². The predicted molar refractivity (Wildman–Crippen MR) is 94.6 cm³/mol. The molecule has 0 saturated heterocycles. The maximum Gasteiger partial charge on any atom is 0.305 e. The normalized spacial score (nSPS) is 22.6. The van der Waals surface area contributed by atoms with Gasteiger partial charge in [-0.25, -0.2) is 0 Å². The van der Waals surface area contributed by atoms with Gasteiger partial charge in [0.2, 0.25) is 6.29 Å². The van der Waals surface area contributed by atoms with Crippen LogP contribution >= 0.6 is 0 Å². The highest BCUT2D eigenvalue weighted by Crippen LogP contribution is 2.36. The standard InChI is InChI=1S/C21H20O4/c1-3-21(19(23)13-14-20(25-21)24-15(2)22)18-11-9-17(10-12-18)16-7-5-4-6-8-16/h4-14,20H,3H2,1-2H3/t20-,21+/m1/s1. The van der Waals surface area contributed by atoms with Crippen molar-refractivity contribution in [3.8, 4) is 11.1 Å². The summed E-state index contributed by atoms with van der Waals surface area (Å²) in [5.41, 5.74) is 1.78. The Bertz CT molecular complexity index is 792. The molecule has 0 amide bonds. The molecule has 1 heterocycles. The van der Waals surface area contributed by atoms with E-state index >= 15 is 0 Å². The van der Waals surface area contributed by atoms with E-state index in [4.69, 9.17) is 9.47 Å². The molecule has 0 unspecified atom stereocenters. The summed E-state index contributed by atoms with van der Waals surface area (Å²) in [5, 5.41) is 0. The van der Waals surface area contributed by atoms with Gasteiger partial charge in [-0.15, -0.1) is 0 Å². The molecule has 4 heteroatoms. The molecule has 1 aliphatic rings. The molecule has 2 atom stereocenters. The molecule has 1 aliphatic heterocycles. The average molecular weight is 336 g/mol. The third kappa shape index (κ3) is 3.39. The van der Waals surface area contributed by atoms with Crippen LogP contribution in [-0.2, 0) is 24.7 Å². The third-order valence-electron chi connectivity index (χ3n) is 4.36. The van der Waals surface area contributed by atoms with Crippen LogP contribution in [0.2, 0.25) is 0 Å². The van der Waals surface area contributed by atoms with Gasteiger partial charge in [0.05, 0.1) is 0 Å². The van der Waals surface area contributed by atoms with Crippen molar-refractivity contribution < 1.29 is 19.1 Å². The van der Waals surface area contributed by atoms with Gasteiger partial charge in [-0.05, 0) is 35.3 Å². The van der Waals surface area contributed by atoms with Gasteiger partial charge >= 0.3 is 5.97 Å². The van der Waals surface area contributed by atoms with E-state index in [0.29, 0.717) is 6.42 Å². The summed E-state index contributed by atoms with van der Waals surface area (Å²) in [6.45, 7) is 3.20.